The largest absolute Gasteiger partial charge is 0.371 e. The number of fused-ring (bicyclic) bond motifs is 1. The van der Waals surface area contributed by atoms with Gasteiger partial charge in [0.25, 0.3) is 5.56 Å². The number of nitrogens with zero attached hydrogens (tertiary/aromatic N) is 2. The van der Waals surface area contributed by atoms with E-state index in [1.807, 2.05) is 6.07 Å². The van der Waals surface area contributed by atoms with Crippen molar-refractivity contribution >= 4 is 22.2 Å². The molecule has 0 amide bonds. The summed E-state index contributed by atoms with van der Waals surface area (Å²) in [4.78, 5) is 25.5. The molecule has 2 fully saturated rings. The summed E-state index contributed by atoms with van der Waals surface area (Å²) in [6.07, 6.45) is 4.42. The third-order valence-corrected chi connectivity index (χ3v) is 5.42. The molecular formula is C17H18FN3O2. The maximum Gasteiger partial charge on any atom is 0.272 e. The van der Waals surface area contributed by atoms with Gasteiger partial charge in [-0.15, -0.1) is 5.10 Å². The summed E-state index contributed by atoms with van der Waals surface area (Å²) in [6, 6.07) is 5.21. The average Bonchev–Trinajstić information content (AvgIpc) is 2.92. The number of Topliss-reactive ketones (excluding diaryl/α,β-unsaturated/α-hetero) is 1. The Hall–Kier alpha value is -2.24. The van der Waals surface area contributed by atoms with Crippen LogP contribution >= 0.6 is 0 Å². The fourth-order valence-electron chi connectivity index (χ4n) is 3.98. The van der Waals surface area contributed by atoms with Gasteiger partial charge in [0, 0.05) is 37.0 Å². The van der Waals surface area contributed by atoms with Crippen LogP contribution in [0.5, 0.6) is 0 Å². The van der Waals surface area contributed by atoms with Gasteiger partial charge in [0.05, 0.1) is 5.39 Å². The van der Waals surface area contributed by atoms with Crippen LogP contribution in [-0.4, -0.2) is 29.1 Å². The molecule has 1 saturated carbocycles. The summed E-state index contributed by atoms with van der Waals surface area (Å²) in [5, 5.41) is 6.12. The van der Waals surface area contributed by atoms with E-state index in [1.54, 1.807) is 12.1 Å². The maximum absolute atomic E-state index is 13.9. The molecule has 0 unspecified atom stereocenters. The minimum atomic E-state index is -0.656. The lowest BCUT2D eigenvalue weighted by atomic mass is 9.77. The van der Waals surface area contributed by atoms with Gasteiger partial charge in [0.1, 0.15) is 5.78 Å². The lowest BCUT2D eigenvalue weighted by Gasteiger charge is -2.40. The molecule has 4 rings (SSSR count). The fraction of sp³-hybridized carbons (Fsp3) is 0.471. The lowest BCUT2D eigenvalue weighted by Crippen LogP contribution is -2.39. The van der Waals surface area contributed by atoms with Crippen molar-refractivity contribution in [3.05, 3.63) is 34.5 Å². The third kappa shape index (κ3) is 2.42. The van der Waals surface area contributed by atoms with E-state index in [2.05, 4.69) is 15.1 Å². The number of hydrogen-bond donors (Lipinski definition) is 1. The molecule has 0 radical (unpaired) electrons. The van der Waals surface area contributed by atoms with Crippen LogP contribution in [0.25, 0.3) is 10.8 Å². The third-order valence-electron chi connectivity index (χ3n) is 5.42. The zero-order chi connectivity index (χ0) is 16.0. The van der Waals surface area contributed by atoms with Gasteiger partial charge < -0.3 is 4.90 Å². The van der Waals surface area contributed by atoms with E-state index in [0.29, 0.717) is 17.6 Å². The first-order valence-electron chi connectivity index (χ1n) is 8.01. The Morgan fingerprint density at radius 2 is 1.91 bits per heavy atom. The van der Waals surface area contributed by atoms with Crippen molar-refractivity contribution < 1.29 is 9.18 Å². The van der Waals surface area contributed by atoms with Crippen LogP contribution in [-0.2, 0) is 4.79 Å². The summed E-state index contributed by atoms with van der Waals surface area (Å²) in [5.74, 6) is -0.271. The second-order valence-corrected chi connectivity index (χ2v) is 6.78. The SMILES string of the molecule is O=C1CCC2(CCN(c3ccc4c(=O)[nH]nc(F)c4c3)CC2)C1. The molecule has 0 atom stereocenters. The molecule has 1 spiro atoms. The number of halogens is 1. The summed E-state index contributed by atoms with van der Waals surface area (Å²) in [6.45, 7) is 1.72. The van der Waals surface area contributed by atoms with Crippen molar-refractivity contribution in [3.8, 4) is 0 Å². The molecule has 1 aliphatic heterocycles. The van der Waals surface area contributed by atoms with E-state index in [4.69, 9.17) is 0 Å². The normalized spacial score (nSPS) is 20.6. The van der Waals surface area contributed by atoms with E-state index in [-0.39, 0.29) is 16.4 Å². The van der Waals surface area contributed by atoms with Crippen molar-refractivity contribution in [3.63, 3.8) is 0 Å². The highest BCUT2D eigenvalue weighted by atomic mass is 19.1. The zero-order valence-electron chi connectivity index (χ0n) is 12.8. The Morgan fingerprint density at radius 3 is 2.61 bits per heavy atom. The molecule has 2 heterocycles. The summed E-state index contributed by atoms with van der Waals surface area (Å²) < 4.78 is 13.9. The number of piperidine rings is 1. The van der Waals surface area contributed by atoms with Crippen LogP contribution in [0.3, 0.4) is 0 Å². The minimum absolute atomic E-state index is 0.189. The van der Waals surface area contributed by atoms with Gasteiger partial charge in [0.15, 0.2) is 0 Å². The number of rotatable bonds is 1. The molecule has 2 aromatic rings. The Bertz CT molecular complexity index is 837. The molecule has 1 N–H and O–H groups in total. The number of carbonyl (C=O) groups excluding carboxylic acids is 1. The fourth-order valence-corrected chi connectivity index (χ4v) is 3.98. The highest BCUT2D eigenvalue weighted by molar-refractivity contribution is 5.85. The van der Waals surface area contributed by atoms with Gasteiger partial charge in [-0.05, 0) is 42.9 Å². The van der Waals surface area contributed by atoms with Gasteiger partial charge >= 0.3 is 0 Å². The van der Waals surface area contributed by atoms with Gasteiger partial charge in [0.2, 0.25) is 5.95 Å². The molecule has 6 heteroatoms. The van der Waals surface area contributed by atoms with Crippen LogP contribution in [0.1, 0.15) is 32.1 Å². The number of anilines is 1. The zero-order valence-corrected chi connectivity index (χ0v) is 12.8. The molecule has 1 aromatic heterocycles. The number of nitrogens with one attached hydrogen (secondary N) is 1. The lowest BCUT2D eigenvalue weighted by molar-refractivity contribution is -0.118. The van der Waals surface area contributed by atoms with Crippen LogP contribution in [0.2, 0.25) is 0 Å². The molecule has 2 aliphatic rings. The Balaban J connectivity index is 1.60. The first-order valence-corrected chi connectivity index (χ1v) is 8.01. The number of aromatic amines is 1. The van der Waals surface area contributed by atoms with Crippen molar-refractivity contribution in [1.29, 1.82) is 0 Å². The summed E-state index contributed by atoms with van der Waals surface area (Å²) in [7, 11) is 0. The smallest absolute Gasteiger partial charge is 0.272 e. The van der Waals surface area contributed by atoms with Crippen LogP contribution in [0.15, 0.2) is 23.0 Å². The van der Waals surface area contributed by atoms with Crippen molar-refractivity contribution in [2.45, 2.75) is 32.1 Å². The van der Waals surface area contributed by atoms with E-state index < -0.39 is 5.95 Å². The number of H-pyrrole nitrogens is 1. The highest BCUT2D eigenvalue weighted by Gasteiger charge is 2.40. The van der Waals surface area contributed by atoms with Gasteiger partial charge in [-0.25, -0.2) is 5.10 Å². The molecule has 0 bridgehead atoms. The molecule has 120 valence electrons. The highest BCUT2D eigenvalue weighted by Crippen LogP contribution is 2.45. The molecule has 1 saturated heterocycles. The predicted octanol–water partition coefficient (Wildman–Crippen LogP) is 2.40. The second kappa shape index (κ2) is 5.15. The second-order valence-electron chi connectivity index (χ2n) is 6.78. The standard InChI is InChI=1S/C17H18FN3O2/c18-15-14-9-11(1-2-13(14)16(23)20-19-15)21-7-5-17(6-8-21)4-3-12(22)10-17/h1-2,9H,3-8,10H2,(H,20,23). The molecule has 5 nitrogen and oxygen atoms in total. The van der Waals surface area contributed by atoms with E-state index in [1.165, 1.54) is 0 Å². The Labute approximate surface area is 132 Å². The Kier molecular flexibility index (Phi) is 3.21. The van der Waals surface area contributed by atoms with Crippen LogP contribution in [0, 0.1) is 11.4 Å². The van der Waals surface area contributed by atoms with Gasteiger partial charge in [-0.1, -0.05) is 0 Å². The van der Waals surface area contributed by atoms with Crippen molar-refractivity contribution in [2.24, 2.45) is 5.41 Å². The number of ketones is 1. The monoisotopic (exact) mass is 315 g/mol. The topological polar surface area (TPSA) is 66.1 Å². The summed E-state index contributed by atoms with van der Waals surface area (Å²) in [5.41, 5.74) is 0.715. The minimum Gasteiger partial charge on any atom is -0.371 e. The van der Waals surface area contributed by atoms with E-state index in [9.17, 15) is 14.0 Å². The maximum atomic E-state index is 13.9. The first kappa shape index (κ1) is 14.4. The number of carbonyl (C=O) groups is 1. The van der Waals surface area contributed by atoms with Gasteiger partial charge in [-0.3, -0.25) is 9.59 Å². The van der Waals surface area contributed by atoms with Gasteiger partial charge in [-0.2, -0.15) is 4.39 Å². The number of benzene rings is 1. The Morgan fingerprint density at radius 1 is 1.13 bits per heavy atom. The first-order chi connectivity index (χ1) is 11.1. The average molecular weight is 315 g/mol. The number of aromatic nitrogens is 2. The van der Waals surface area contributed by atoms with Crippen LogP contribution < -0.4 is 10.5 Å². The molecule has 1 aromatic carbocycles. The quantitative estimate of drug-likeness (QED) is 0.877. The van der Waals surface area contributed by atoms with Crippen LogP contribution in [0.4, 0.5) is 10.1 Å². The number of hydrogen-bond acceptors (Lipinski definition) is 4. The summed E-state index contributed by atoms with van der Waals surface area (Å²) >= 11 is 0. The molecule has 23 heavy (non-hydrogen) atoms. The molecule has 1 aliphatic carbocycles. The van der Waals surface area contributed by atoms with Crippen molar-refractivity contribution in [2.75, 3.05) is 18.0 Å². The predicted molar refractivity (Wildman–Crippen MR) is 85.1 cm³/mol. The van der Waals surface area contributed by atoms with Crippen molar-refractivity contribution in [1.82, 2.24) is 10.2 Å². The van der Waals surface area contributed by atoms with E-state index >= 15 is 0 Å². The molecular weight excluding hydrogens is 297 g/mol. The van der Waals surface area contributed by atoms with E-state index in [0.717, 1.165) is 44.5 Å².